The lowest BCUT2D eigenvalue weighted by molar-refractivity contribution is -0.130. The fourth-order valence-electron chi connectivity index (χ4n) is 3.74. The predicted molar refractivity (Wildman–Crippen MR) is 104 cm³/mol. The predicted octanol–water partition coefficient (Wildman–Crippen LogP) is 3.01. The number of rotatable bonds is 4. The summed E-state index contributed by atoms with van der Waals surface area (Å²) in [7, 11) is 0. The van der Waals surface area contributed by atoms with Gasteiger partial charge in [-0.2, -0.15) is 0 Å². The van der Waals surface area contributed by atoms with E-state index in [0.29, 0.717) is 22.7 Å². The number of hydrogen-bond donors (Lipinski definition) is 2. The van der Waals surface area contributed by atoms with Crippen LogP contribution in [0.25, 0.3) is 10.9 Å². The third-order valence-electron chi connectivity index (χ3n) is 5.66. The van der Waals surface area contributed by atoms with Gasteiger partial charge in [-0.25, -0.2) is 4.79 Å². The summed E-state index contributed by atoms with van der Waals surface area (Å²) in [5.41, 5.74) is 0.329. The Kier molecular flexibility index (Phi) is 5.63. The molecule has 1 heterocycles. The average molecular weight is 370 g/mol. The van der Waals surface area contributed by atoms with Crippen molar-refractivity contribution >= 4 is 22.8 Å². The number of para-hydroxylation sites is 1. The van der Waals surface area contributed by atoms with Crippen LogP contribution in [0.15, 0.2) is 35.1 Å². The van der Waals surface area contributed by atoms with E-state index in [-0.39, 0.29) is 23.1 Å². The highest BCUT2D eigenvalue weighted by Crippen LogP contribution is 2.29. The highest BCUT2D eigenvalue weighted by atomic mass is 16.5. The Labute approximate surface area is 158 Å². The van der Waals surface area contributed by atoms with Crippen molar-refractivity contribution in [3.63, 3.8) is 0 Å². The molecule has 0 radical (unpaired) electrons. The smallest absolute Gasteiger partial charge is 0.339 e. The molecule has 1 aliphatic rings. The number of benzene rings is 1. The zero-order valence-corrected chi connectivity index (χ0v) is 16.0. The van der Waals surface area contributed by atoms with Gasteiger partial charge in [0.25, 0.3) is 5.91 Å². The van der Waals surface area contributed by atoms with Gasteiger partial charge in [0.1, 0.15) is 0 Å². The van der Waals surface area contributed by atoms with Crippen molar-refractivity contribution in [2.45, 2.75) is 52.2 Å². The molecule has 0 spiro atoms. The number of carbonyl (C=O) groups is 2. The second-order valence-electron chi connectivity index (χ2n) is 7.52. The van der Waals surface area contributed by atoms with Crippen molar-refractivity contribution in [1.82, 2.24) is 10.3 Å². The molecule has 0 aliphatic heterocycles. The minimum absolute atomic E-state index is 0.0998. The van der Waals surface area contributed by atoms with E-state index >= 15 is 0 Å². The number of aromatic nitrogens is 1. The first-order valence-electron chi connectivity index (χ1n) is 9.50. The SMILES string of the molecule is C[C@@H]1[C@H](C)CCC[C@H]1NC(=O)[C@@H](C)OC(=O)c1cc(=O)[nH]c2ccccc12. The van der Waals surface area contributed by atoms with Gasteiger partial charge in [-0.15, -0.1) is 0 Å². The quantitative estimate of drug-likeness (QED) is 0.810. The first-order valence-corrected chi connectivity index (χ1v) is 9.50. The molecule has 1 fully saturated rings. The normalized spacial score (nSPS) is 23.6. The molecule has 6 heteroatoms. The molecule has 6 nitrogen and oxygen atoms in total. The van der Waals surface area contributed by atoms with Gasteiger partial charge in [0.05, 0.1) is 5.56 Å². The third-order valence-corrected chi connectivity index (χ3v) is 5.66. The number of esters is 1. The van der Waals surface area contributed by atoms with Gasteiger partial charge in [-0.3, -0.25) is 9.59 Å². The topological polar surface area (TPSA) is 88.3 Å². The lowest BCUT2D eigenvalue weighted by Crippen LogP contribution is -2.47. The first kappa shape index (κ1) is 19.1. The Bertz CT molecular complexity index is 904. The Morgan fingerprint density at radius 3 is 2.74 bits per heavy atom. The summed E-state index contributed by atoms with van der Waals surface area (Å²) in [4.78, 5) is 39.6. The fourth-order valence-corrected chi connectivity index (χ4v) is 3.74. The van der Waals surface area contributed by atoms with Crippen molar-refractivity contribution in [3.05, 3.63) is 46.2 Å². The average Bonchev–Trinajstić information content (AvgIpc) is 2.64. The van der Waals surface area contributed by atoms with Crippen molar-refractivity contribution in [2.24, 2.45) is 11.8 Å². The Balaban J connectivity index is 1.71. The summed E-state index contributed by atoms with van der Waals surface area (Å²) in [5.74, 6) is -0.0278. The molecule has 0 unspecified atom stereocenters. The molecule has 4 atom stereocenters. The number of hydrogen-bond acceptors (Lipinski definition) is 4. The van der Waals surface area contributed by atoms with Crippen molar-refractivity contribution in [1.29, 1.82) is 0 Å². The summed E-state index contributed by atoms with van der Waals surface area (Å²) in [6.07, 6.45) is 2.27. The van der Waals surface area contributed by atoms with Gasteiger partial charge in [-0.05, 0) is 31.2 Å². The van der Waals surface area contributed by atoms with E-state index in [1.54, 1.807) is 31.2 Å². The number of nitrogens with one attached hydrogen (secondary N) is 2. The molecule has 0 saturated heterocycles. The van der Waals surface area contributed by atoms with Crippen LogP contribution in [0.3, 0.4) is 0 Å². The molecule has 1 amide bonds. The van der Waals surface area contributed by atoms with Crippen LogP contribution in [-0.4, -0.2) is 29.0 Å². The zero-order chi connectivity index (χ0) is 19.6. The van der Waals surface area contributed by atoms with E-state index in [4.69, 9.17) is 4.74 Å². The van der Waals surface area contributed by atoms with Crippen molar-refractivity contribution in [2.75, 3.05) is 0 Å². The van der Waals surface area contributed by atoms with E-state index < -0.39 is 12.1 Å². The molecule has 1 aliphatic carbocycles. The molecule has 0 bridgehead atoms. The Morgan fingerprint density at radius 2 is 1.96 bits per heavy atom. The Morgan fingerprint density at radius 1 is 1.22 bits per heavy atom. The van der Waals surface area contributed by atoms with Crippen LogP contribution in [0.1, 0.15) is 50.4 Å². The summed E-state index contributed by atoms with van der Waals surface area (Å²) in [6, 6.07) is 8.31. The van der Waals surface area contributed by atoms with Crippen LogP contribution in [-0.2, 0) is 9.53 Å². The number of carbonyl (C=O) groups excluding carboxylic acids is 2. The maximum absolute atomic E-state index is 12.6. The fraction of sp³-hybridized carbons (Fsp3) is 0.476. The largest absolute Gasteiger partial charge is 0.449 e. The van der Waals surface area contributed by atoms with Crippen molar-refractivity contribution < 1.29 is 14.3 Å². The molecule has 1 saturated carbocycles. The lowest BCUT2D eigenvalue weighted by atomic mass is 9.78. The van der Waals surface area contributed by atoms with E-state index in [1.807, 2.05) is 0 Å². The second kappa shape index (κ2) is 7.94. The van der Waals surface area contributed by atoms with Crippen LogP contribution in [0.2, 0.25) is 0 Å². The molecule has 144 valence electrons. The van der Waals surface area contributed by atoms with E-state index in [0.717, 1.165) is 12.8 Å². The minimum Gasteiger partial charge on any atom is -0.449 e. The molecule has 3 rings (SSSR count). The van der Waals surface area contributed by atoms with Crippen LogP contribution >= 0.6 is 0 Å². The van der Waals surface area contributed by atoms with E-state index in [9.17, 15) is 14.4 Å². The molecular formula is C21H26N2O4. The molecular weight excluding hydrogens is 344 g/mol. The highest BCUT2D eigenvalue weighted by Gasteiger charge is 2.30. The summed E-state index contributed by atoms with van der Waals surface area (Å²) in [6.45, 7) is 5.90. The first-order chi connectivity index (χ1) is 12.9. The molecule has 2 N–H and O–H groups in total. The van der Waals surface area contributed by atoms with E-state index in [2.05, 4.69) is 24.1 Å². The monoisotopic (exact) mass is 370 g/mol. The number of pyridine rings is 1. The number of aromatic amines is 1. The third kappa shape index (κ3) is 4.21. The summed E-state index contributed by atoms with van der Waals surface area (Å²) in [5, 5.41) is 3.61. The molecule has 2 aromatic rings. The van der Waals surface area contributed by atoms with Gasteiger partial charge in [-0.1, -0.05) is 44.9 Å². The summed E-state index contributed by atoms with van der Waals surface area (Å²) < 4.78 is 5.36. The highest BCUT2D eigenvalue weighted by molar-refractivity contribution is 6.03. The van der Waals surface area contributed by atoms with Gasteiger partial charge >= 0.3 is 5.97 Å². The van der Waals surface area contributed by atoms with Gasteiger partial charge in [0.15, 0.2) is 6.10 Å². The molecule has 1 aromatic heterocycles. The van der Waals surface area contributed by atoms with Crippen LogP contribution in [0.4, 0.5) is 0 Å². The number of H-pyrrole nitrogens is 1. The van der Waals surface area contributed by atoms with E-state index in [1.165, 1.54) is 12.5 Å². The van der Waals surface area contributed by atoms with Crippen LogP contribution < -0.4 is 10.9 Å². The lowest BCUT2D eigenvalue weighted by Gasteiger charge is -2.35. The maximum atomic E-state index is 12.6. The second-order valence-corrected chi connectivity index (χ2v) is 7.52. The van der Waals surface area contributed by atoms with Gasteiger partial charge in [0.2, 0.25) is 5.56 Å². The number of ether oxygens (including phenoxy) is 1. The van der Waals surface area contributed by atoms with Crippen LogP contribution in [0.5, 0.6) is 0 Å². The Hall–Kier alpha value is -2.63. The van der Waals surface area contributed by atoms with Gasteiger partial charge in [0, 0.05) is 23.0 Å². The standard InChI is InChI=1S/C21H26N2O4/c1-12-7-6-10-17(13(12)2)23-20(25)14(3)27-21(26)16-11-19(24)22-18-9-5-4-8-15(16)18/h4-5,8-9,11-14,17H,6-7,10H2,1-3H3,(H,22,24)(H,23,25)/t12-,13-,14-,17-/m1/s1. The van der Waals surface area contributed by atoms with Crippen LogP contribution in [0, 0.1) is 11.8 Å². The molecule has 1 aromatic carbocycles. The number of fused-ring (bicyclic) bond motifs is 1. The van der Waals surface area contributed by atoms with Crippen molar-refractivity contribution in [3.8, 4) is 0 Å². The molecule has 27 heavy (non-hydrogen) atoms. The maximum Gasteiger partial charge on any atom is 0.339 e. The minimum atomic E-state index is -0.931. The van der Waals surface area contributed by atoms with Gasteiger partial charge < -0.3 is 15.0 Å². The number of amides is 1. The zero-order valence-electron chi connectivity index (χ0n) is 16.0. The summed E-state index contributed by atoms with van der Waals surface area (Å²) >= 11 is 0.